The van der Waals surface area contributed by atoms with Gasteiger partial charge in [-0.3, -0.25) is 4.79 Å². The first-order valence-electron chi connectivity index (χ1n) is 5.58. The van der Waals surface area contributed by atoms with E-state index in [4.69, 9.17) is 9.47 Å². The molecule has 1 heterocycles. The third kappa shape index (κ3) is 3.14. The molecule has 0 radical (unpaired) electrons. The van der Waals surface area contributed by atoms with Crippen LogP contribution < -0.4 is 15.0 Å². The summed E-state index contributed by atoms with van der Waals surface area (Å²) in [6.45, 7) is 0.381. The summed E-state index contributed by atoms with van der Waals surface area (Å²) < 4.78 is 12.1. The van der Waals surface area contributed by atoms with Crippen molar-refractivity contribution in [3.05, 3.63) is 50.7 Å². The minimum Gasteiger partial charge on any atom is -0.497 e. The molecule has 1 aromatic carbocycles. The van der Waals surface area contributed by atoms with E-state index >= 15 is 0 Å². The van der Waals surface area contributed by atoms with E-state index in [1.54, 1.807) is 7.11 Å². The number of rotatable bonds is 4. The summed E-state index contributed by atoms with van der Waals surface area (Å²) in [5, 5.41) is 4.13. The van der Waals surface area contributed by atoms with Crippen LogP contribution in [-0.2, 0) is 6.54 Å². The molecule has 0 atom stereocenters. The second kappa shape index (κ2) is 5.88. The summed E-state index contributed by atoms with van der Waals surface area (Å²) in [6.07, 6.45) is 0. The molecule has 100 valence electrons. The molecule has 0 aliphatic rings. The number of methoxy groups -OCH3 is 2. The topological polar surface area (TPSA) is 53.4 Å². The standard InChI is InChI=1S/C13H13BrN2O3/c1-18-10-5-3-9(4-6-10)8-16-12(17)7-11(14)13(15-16)19-2/h3-7H,8H2,1-2H3. The summed E-state index contributed by atoms with van der Waals surface area (Å²) >= 11 is 3.23. The molecular formula is C13H13BrN2O3. The molecule has 19 heavy (non-hydrogen) atoms. The maximum Gasteiger partial charge on any atom is 0.268 e. The van der Waals surface area contributed by atoms with E-state index in [0.29, 0.717) is 16.9 Å². The van der Waals surface area contributed by atoms with Crippen molar-refractivity contribution in [2.24, 2.45) is 0 Å². The Kier molecular flexibility index (Phi) is 4.21. The number of hydrogen-bond acceptors (Lipinski definition) is 4. The van der Waals surface area contributed by atoms with Gasteiger partial charge in [0.25, 0.3) is 5.56 Å². The average Bonchev–Trinajstić information content (AvgIpc) is 2.42. The van der Waals surface area contributed by atoms with E-state index in [-0.39, 0.29) is 5.56 Å². The predicted molar refractivity (Wildman–Crippen MR) is 74.8 cm³/mol. The molecule has 0 saturated carbocycles. The lowest BCUT2D eigenvalue weighted by molar-refractivity contribution is 0.375. The number of nitrogens with zero attached hydrogens (tertiary/aromatic N) is 2. The fourth-order valence-corrected chi connectivity index (χ4v) is 2.04. The lowest BCUT2D eigenvalue weighted by Gasteiger charge is -2.08. The van der Waals surface area contributed by atoms with Gasteiger partial charge in [0.05, 0.1) is 25.2 Å². The van der Waals surface area contributed by atoms with Gasteiger partial charge in [0.2, 0.25) is 5.88 Å². The van der Waals surface area contributed by atoms with E-state index in [1.165, 1.54) is 17.9 Å². The molecule has 1 aromatic heterocycles. The van der Waals surface area contributed by atoms with Crippen molar-refractivity contribution in [1.29, 1.82) is 0 Å². The van der Waals surface area contributed by atoms with Crippen LogP contribution >= 0.6 is 15.9 Å². The molecule has 0 amide bonds. The van der Waals surface area contributed by atoms with Crippen molar-refractivity contribution >= 4 is 15.9 Å². The van der Waals surface area contributed by atoms with Crippen LogP contribution in [0.4, 0.5) is 0 Å². The van der Waals surface area contributed by atoms with Gasteiger partial charge in [0.1, 0.15) is 5.75 Å². The Balaban J connectivity index is 2.29. The molecule has 0 aliphatic heterocycles. The van der Waals surface area contributed by atoms with Crippen molar-refractivity contribution in [1.82, 2.24) is 9.78 Å². The van der Waals surface area contributed by atoms with Gasteiger partial charge in [-0.05, 0) is 33.6 Å². The molecule has 0 bridgehead atoms. The molecule has 0 saturated heterocycles. The van der Waals surface area contributed by atoms with Crippen LogP contribution in [0.5, 0.6) is 11.6 Å². The monoisotopic (exact) mass is 324 g/mol. The lowest BCUT2D eigenvalue weighted by atomic mass is 10.2. The lowest BCUT2D eigenvalue weighted by Crippen LogP contribution is -2.23. The van der Waals surface area contributed by atoms with Crippen molar-refractivity contribution in [2.45, 2.75) is 6.54 Å². The van der Waals surface area contributed by atoms with Crippen LogP contribution in [-0.4, -0.2) is 24.0 Å². The Bertz CT molecular complexity index is 623. The molecule has 0 aliphatic carbocycles. The molecule has 5 nitrogen and oxygen atoms in total. The van der Waals surface area contributed by atoms with E-state index in [2.05, 4.69) is 21.0 Å². The van der Waals surface area contributed by atoms with Gasteiger partial charge in [-0.15, -0.1) is 5.10 Å². The van der Waals surface area contributed by atoms with Crippen LogP contribution in [0.15, 0.2) is 39.6 Å². The highest BCUT2D eigenvalue weighted by Crippen LogP contribution is 2.19. The smallest absolute Gasteiger partial charge is 0.268 e. The molecule has 0 N–H and O–H groups in total. The Morgan fingerprint density at radius 3 is 2.47 bits per heavy atom. The summed E-state index contributed by atoms with van der Waals surface area (Å²) in [4.78, 5) is 11.8. The Hall–Kier alpha value is -1.82. The zero-order valence-corrected chi connectivity index (χ0v) is 12.2. The Morgan fingerprint density at radius 1 is 1.21 bits per heavy atom. The minimum atomic E-state index is -0.191. The fourth-order valence-electron chi connectivity index (χ4n) is 1.61. The summed E-state index contributed by atoms with van der Waals surface area (Å²) in [5.41, 5.74) is 0.767. The van der Waals surface area contributed by atoms with E-state index in [9.17, 15) is 4.79 Å². The van der Waals surface area contributed by atoms with E-state index < -0.39 is 0 Å². The van der Waals surface area contributed by atoms with E-state index in [1.807, 2.05) is 24.3 Å². The first kappa shape index (κ1) is 13.6. The molecule has 0 fully saturated rings. The van der Waals surface area contributed by atoms with Gasteiger partial charge in [0, 0.05) is 6.07 Å². The molecular weight excluding hydrogens is 312 g/mol. The van der Waals surface area contributed by atoms with Crippen LogP contribution in [0.3, 0.4) is 0 Å². The van der Waals surface area contributed by atoms with Crippen molar-refractivity contribution < 1.29 is 9.47 Å². The molecule has 2 aromatic rings. The zero-order chi connectivity index (χ0) is 13.8. The SMILES string of the molecule is COc1ccc(Cn2nc(OC)c(Br)cc2=O)cc1. The zero-order valence-electron chi connectivity index (χ0n) is 10.6. The van der Waals surface area contributed by atoms with Gasteiger partial charge in [-0.1, -0.05) is 12.1 Å². The maximum atomic E-state index is 11.8. The van der Waals surface area contributed by atoms with Gasteiger partial charge in [-0.25, -0.2) is 4.68 Å². The van der Waals surface area contributed by atoms with Crippen LogP contribution in [0.25, 0.3) is 0 Å². The quantitative estimate of drug-likeness (QED) is 0.864. The summed E-state index contributed by atoms with van der Waals surface area (Å²) in [7, 11) is 3.12. The predicted octanol–water partition coefficient (Wildman–Crippen LogP) is 2.07. The third-order valence-corrected chi connectivity index (χ3v) is 3.17. The summed E-state index contributed by atoms with van der Waals surface area (Å²) in [6, 6.07) is 8.91. The van der Waals surface area contributed by atoms with Crippen molar-refractivity contribution in [3.63, 3.8) is 0 Å². The maximum absolute atomic E-state index is 11.8. The van der Waals surface area contributed by atoms with E-state index in [0.717, 1.165) is 11.3 Å². The number of halogens is 1. The number of ether oxygens (including phenoxy) is 2. The first-order chi connectivity index (χ1) is 9.13. The highest BCUT2D eigenvalue weighted by atomic mass is 79.9. The average molecular weight is 325 g/mol. The number of aromatic nitrogens is 2. The first-order valence-corrected chi connectivity index (χ1v) is 6.38. The van der Waals surface area contributed by atoms with Crippen molar-refractivity contribution in [3.8, 4) is 11.6 Å². The highest BCUT2D eigenvalue weighted by Gasteiger charge is 2.07. The van der Waals surface area contributed by atoms with Gasteiger partial charge < -0.3 is 9.47 Å². The second-order valence-electron chi connectivity index (χ2n) is 3.85. The Labute approximate surface area is 118 Å². The van der Waals surface area contributed by atoms with Gasteiger partial charge in [-0.2, -0.15) is 0 Å². The summed E-state index contributed by atoms with van der Waals surface area (Å²) in [5.74, 6) is 1.16. The third-order valence-electron chi connectivity index (χ3n) is 2.61. The number of benzene rings is 1. The highest BCUT2D eigenvalue weighted by molar-refractivity contribution is 9.10. The van der Waals surface area contributed by atoms with Crippen LogP contribution in [0.2, 0.25) is 0 Å². The number of hydrogen-bond donors (Lipinski definition) is 0. The van der Waals surface area contributed by atoms with Crippen LogP contribution in [0, 0.1) is 0 Å². The Morgan fingerprint density at radius 2 is 1.89 bits per heavy atom. The molecule has 0 spiro atoms. The minimum absolute atomic E-state index is 0.191. The largest absolute Gasteiger partial charge is 0.497 e. The van der Waals surface area contributed by atoms with Crippen LogP contribution in [0.1, 0.15) is 5.56 Å². The normalized spacial score (nSPS) is 10.3. The fraction of sp³-hybridized carbons (Fsp3) is 0.231. The molecule has 2 rings (SSSR count). The molecule has 6 heteroatoms. The molecule has 0 unspecified atom stereocenters. The second-order valence-corrected chi connectivity index (χ2v) is 4.70. The van der Waals surface area contributed by atoms with Gasteiger partial charge >= 0.3 is 0 Å². The van der Waals surface area contributed by atoms with Crippen molar-refractivity contribution in [2.75, 3.05) is 14.2 Å². The van der Waals surface area contributed by atoms with Gasteiger partial charge in [0.15, 0.2) is 0 Å².